The normalized spacial score (nSPS) is 23.8. The lowest BCUT2D eigenvalue weighted by Crippen LogP contribution is -2.42. The molecule has 2 fully saturated rings. The van der Waals surface area contributed by atoms with Gasteiger partial charge in [-0.05, 0) is 12.5 Å². The molecule has 3 atom stereocenters. The van der Waals surface area contributed by atoms with Gasteiger partial charge in [-0.3, -0.25) is 0 Å². The molecule has 4 heterocycles. The number of nitrogens with zero attached hydrogens (tertiary/aromatic N) is 5. The van der Waals surface area contributed by atoms with E-state index < -0.39 is 12.8 Å². The van der Waals surface area contributed by atoms with E-state index in [0.717, 1.165) is 6.42 Å². The van der Waals surface area contributed by atoms with Gasteiger partial charge in [0.2, 0.25) is 5.95 Å². The molecule has 0 radical (unpaired) electrons. The standard InChI is InChI=1S/C21H27F3N6O2/c1-3-14-10-29(4-5-31-14)18-7-16(13-6-17(32-20(23)24)19(25)26-8-13)27-21(28-18)30-9-12(2)15(22)11-30/h6-8,12,14-15,20H,3-5,9-11H2,1-2H3,(H2,25,26)/t12?,14-,15?/m0/s1. The fourth-order valence-electron chi connectivity index (χ4n) is 3.92. The zero-order valence-electron chi connectivity index (χ0n) is 18.0. The Morgan fingerprint density at radius 1 is 1.22 bits per heavy atom. The number of rotatable bonds is 6. The summed E-state index contributed by atoms with van der Waals surface area (Å²) in [5.74, 6) is 0.543. The molecule has 2 aliphatic rings. The van der Waals surface area contributed by atoms with Gasteiger partial charge in [0.05, 0.1) is 24.9 Å². The van der Waals surface area contributed by atoms with Gasteiger partial charge >= 0.3 is 6.61 Å². The molecule has 2 aromatic heterocycles. The number of hydrogen-bond donors (Lipinski definition) is 1. The second-order valence-electron chi connectivity index (χ2n) is 8.14. The molecule has 0 spiro atoms. The molecule has 0 bridgehead atoms. The smallest absolute Gasteiger partial charge is 0.387 e. The molecule has 174 valence electrons. The van der Waals surface area contributed by atoms with Crippen LogP contribution in [0.2, 0.25) is 0 Å². The number of halogens is 3. The number of nitrogen functional groups attached to an aromatic ring is 1. The third-order valence-electron chi connectivity index (χ3n) is 5.82. The molecule has 2 N–H and O–H groups in total. The van der Waals surface area contributed by atoms with Crippen molar-refractivity contribution in [3.8, 4) is 17.0 Å². The minimum Gasteiger partial charge on any atom is -0.431 e. The maximum atomic E-state index is 14.2. The highest BCUT2D eigenvalue weighted by Crippen LogP contribution is 2.32. The first kappa shape index (κ1) is 22.4. The number of anilines is 3. The molecule has 11 heteroatoms. The predicted octanol–water partition coefficient (Wildman–Crippen LogP) is 3.13. The van der Waals surface area contributed by atoms with Gasteiger partial charge in [-0.1, -0.05) is 13.8 Å². The minimum atomic E-state index is -3.03. The molecule has 0 aromatic carbocycles. The molecule has 2 aliphatic heterocycles. The number of morpholine rings is 1. The molecule has 0 aliphatic carbocycles. The zero-order valence-corrected chi connectivity index (χ0v) is 18.0. The Morgan fingerprint density at radius 2 is 2.03 bits per heavy atom. The van der Waals surface area contributed by atoms with Crippen LogP contribution in [0.15, 0.2) is 18.3 Å². The van der Waals surface area contributed by atoms with Crippen molar-refractivity contribution in [1.82, 2.24) is 15.0 Å². The molecule has 4 rings (SSSR count). The third-order valence-corrected chi connectivity index (χ3v) is 5.82. The van der Waals surface area contributed by atoms with Crippen molar-refractivity contribution in [2.45, 2.75) is 39.2 Å². The van der Waals surface area contributed by atoms with Crippen LogP contribution in [0.25, 0.3) is 11.3 Å². The first-order valence-corrected chi connectivity index (χ1v) is 10.7. The van der Waals surface area contributed by atoms with E-state index in [4.69, 9.17) is 15.5 Å². The summed E-state index contributed by atoms with van der Waals surface area (Å²) in [5.41, 5.74) is 6.59. The van der Waals surface area contributed by atoms with Crippen molar-refractivity contribution in [2.24, 2.45) is 5.92 Å². The van der Waals surface area contributed by atoms with Crippen LogP contribution >= 0.6 is 0 Å². The highest BCUT2D eigenvalue weighted by Gasteiger charge is 2.32. The number of alkyl halides is 3. The van der Waals surface area contributed by atoms with Gasteiger partial charge in [-0.15, -0.1) is 0 Å². The number of aromatic nitrogens is 3. The maximum absolute atomic E-state index is 14.2. The van der Waals surface area contributed by atoms with Gasteiger partial charge in [0, 0.05) is 43.4 Å². The molecule has 8 nitrogen and oxygen atoms in total. The number of hydrogen-bond acceptors (Lipinski definition) is 8. The molecular formula is C21H27F3N6O2. The van der Waals surface area contributed by atoms with Crippen molar-refractivity contribution < 1.29 is 22.6 Å². The Balaban J connectivity index is 1.74. The van der Waals surface area contributed by atoms with E-state index in [9.17, 15) is 13.2 Å². The summed E-state index contributed by atoms with van der Waals surface area (Å²) in [6, 6.07) is 3.15. The number of nitrogens with two attached hydrogens (primary N) is 1. The Kier molecular flexibility index (Phi) is 6.54. The molecule has 0 amide bonds. The van der Waals surface area contributed by atoms with E-state index in [1.54, 1.807) is 11.0 Å². The van der Waals surface area contributed by atoms with Gasteiger partial charge in [0.1, 0.15) is 12.0 Å². The SMILES string of the molecule is CC[C@H]1CN(c2cc(-c3cnc(N)c(OC(F)F)c3)nc(N3CC(C)C(F)C3)n2)CCO1. The molecule has 2 unspecified atom stereocenters. The predicted molar refractivity (Wildman–Crippen MR) is 115 cm³/mol. The number of pyridine rings is 1. The second kappa shape index (κ2) is 9.35. The maximum Gasteiger partial charge on any atom is 0.387 e. The van der Waals surface area contributed by atoms with Crippen LogP contribution in [0.1, 0.15) is 20.3 Å². The van der Waals surface area contributed by atoms with Crippen LogP contribution in [-0.2, 0) is 4.74 Å². The van der Waals surface area contributed by atoms with Gasteiger partial charge in [-0.25, -0.2) is 14.4 Å². The van der Waals surface area contributed by atoms with E-state index in [2.05, 4.69) is 26.5 Å². The summed E-state index contributed by atoms with van der Waals surface area (Å²) in [5, 5.41) is 0. The molecule has 0 saturated carbocycles. The summed E-state index contributed by atoms with van der Waals surface area (Å²) < 4.78 is 50.0. The quantitative estimate of drug-likeness (QED) is 0.715. The van der Waals surface area contributed by atoms with Crippen LogP contribution in [0.5, 0.6) is 5.75 Å². The lowest BCUT2D eigenvalue weighted by molar-refractivity contribution is -0.0494. The van der Waals surface area contributed by atoms with Gasteiger partial charge in [-0.2, -0.15) is 13.8 Å². The Morgan fingerprint density at radius 3 is 2.72 bits per heavy atom. The Bertz CT molecular complexity index is 940. The van der Waals surface area contributed by atoms with E-state index in [-0.39, 0.29) is 30.1 Å². The zero-order chi connectivity index (χ0) is 22.8. The topological polar surface area (TPSA) is 89.6 Å². The molecule has 2 saturated heterocycles. The lowest BCUT2D eigenvalue weighted by atomic mass is 10.1. The van der Waals surface area contributed by atoms with Gasteiger partial charge in [0.25, 0.3) is 0 Å². The molecule has 2 aromatic rings. The van der Waals surface area contributed by atoms with E-state index in [0.29, 0.717) is 49.3 Å². The summed E-state index contributed by atoms with van der Waals surface area (Å²) in [4.78, 5) is 17.2. The molecular weight excluding hydrogens is 425 g/mol. The van der Waals surface area contributed by atoms with E-state index in [1.165, 1.54) is 12.3 Å². The summed E-state index contributed by atoms with van der Waals surface area (Å²) >= 11 is 0. The van der Waals surface area contributed by atoms with Crippen molar-refractivity contribution in [3.63, 3.8) is 0 Å². The van der Waals surface area contributed by atoms with E-state index >= 15 is 0 Å². The minimum absolute atomic E-state index is 0.0804. The van der Waals surface area contributed by atoms with Crippen LogP contribution < -0.4 is 20.3 Å². The van der Waals surface area contributed by atoms with Crippen LogP contribution in [0.4, 0.5) is 30.8 Å². The van der Waals surface area contributed by atoms with Crippen LogP contribution in [-0.4, -0.2) is 66.6 Å². The highest BCUT2D eigenvalue weighted by molar-refractivity contribution is 5.68. The summed E-state index contributed by atoms with van der Waals surface area (Å²) in [6.07, 6.45) is 1.42. The van der Waals surface area contributed by atoms with Gasteiger partial charge < -0.3 is 25.0 Å². The average Bonchev–Trinajstić information content (AvgIpc) is 3.13. The first-order chi connectivity index (χ1) is 15.3. The van der Waals surface area contributed by atoms with Gasteiger partial charge in [0.15, 0.2) is 11.6 Å². The van der Waals surface area contributed by atoms with Crippen molar-refractivity contribution >= 4 is 17.6 Å². The largest absolute Gasteiger partial charge is 0.431 e. The summed E-state index contributed by atoms with van der Waals surface area (Å²) in [7, 11) is 0. The van der Waals surface area contributed by atoms with Crippen molar-refractivity contribution in [2.75, 3.05) is 48.3 Å². The van der Waals surface area contributed by atoms with Crippen molar-refractivity contribution in [3.05, 3.63) is 18.3 Å². The van der Waals surface area contributed by atoms with Crippen molar-refractivity contribution in [1.29, 1.82) is 0 Å². The number of ether oxygens (including phenoxy) is 2. The van der Waals surface area contributed by atoms with Crippen LogP contribution in [0, 0.1) is 5.92 Å². The average molecular weight is 452 g/mol. The third kappa shape index (κ3) is 4.82. The fourth-order valence-corrected chi connectivity index (χ4v) is 3.92. The van der Waals surface area contributed by atoms with E-state index in [1.807, 2.05) is 6.92 Å². The van der Waals surface area contributed by atoms with Crippen LogP contribution in [0.3, 0.4) is 0 Å². The highest BCUT2D eigenvalue weighted by atomic mass is 19.3. The second-order valence-corrected chi connectivity index (χ2v) is 8.14. The lowest BCUT2D eigenvalue weighted by Gasteiger charge is -2.34. The first-order valence-electron chi connectivity index (χ1n) is 10.7. The molecule has 32 heavy (non-hydrogen) atoms. The Hall–Kier alpha value is -2.82. The fraction of sp³-hybridized carbons (Fsp3) is 0.571. The Labute approximate surface area is 184 Å². The summed E-state index contributed by atoms with van der Waals surface area (Å²) in [6.45, 7) is 3.44. The monoisotopic (exact) mass is 452 g/mol.